The highest BCUT2D eigenvalue weighted by molar-refractivity contribution is 5.98. The Morgan fingerprint density at radius 2 is 2.00 bits per heavy atom. The Morgan fingerprint density at radius 1 is 1.23 bits per heavy atom. The van der Waals surface area contributed by atoms with E-state index in [2.05, 4.69) is 43.2 Å². The molecule has 11 atom stereocenters. The number of aliphatic hydroxyl groups is 1. The van der Waals surface area contributed by atoms with E-state index in [4.69, 9.17) is 9.47 Å². The molecule has 3 saturated carbocycles. The smallest absolute Gasteiger partial charge is 0.340 e. The summed E-state index contributed by atoms with van der Waals surface area (Å²) in [7, 11) is 0. The van der Waals surface area contributed by atoms with Crippen molar-refractivity contribution in [3.8, 4) is 0 Å². The van der Waals surface area contributed by atoms with Crippen molar-refractivity contribution in [2.45, 2.75) is 96.7 Å². The van der Waals surface area contributed by atoms with Crippen LogP contribution < -0.4 is 5.32 Å². The first-order valence-corrected chi connectivity index (χ1v) is 14.4. The van der Waals surface area contributed by atoms with Gasteiger partial charge in [0.2, 0.25) is 5.91 Å². The Morgan fingerprint density at radius 3 is 2.69 bits per heavy atom. The van der Waals surface area contributed by atoms with E-state index in [9.17, 15) is 19.9 Å². The zero-order valence-electron chi connectivity index (χ0n) is 23.5. The Bertz CT molecular complexity index is 1190. The molecule has 2 aliphatic heterocycles. The van der Waals surface area contributed by atoms with Crippen LogP contribution >= 0.6 is 0 Å². The molecule has 11 unspecified atom stereocenters. The van der Waals surface area contributed by atoms with Crippen LogP contribution in [0.15, 0.2) is 29.7 Å². The molecule has 3 aliphatic carbocycles. The molecule has 212 valence electrons. The topological polar surface area (TPSA) is 130 Å². The number of esters is 1. The number of hydrogen-bond acceptors (Lipinski definition) is 8. The van der Waals surface area contributed by atoms with Crippen molar-refractivity contribution in [1.82, 2.24) is 10.3 Å². The number of hydrogen-bond donors (Lipinski definition) is 3. The largest absolute Gasteiger partial charge is 0.452 e. The molecule has 5 fully saturated rings. The van der Waals surface area contributed by atoms with Gasteiger partial charge in [0.25, 0.3) is 0 Å². The molecule has 0 aromatic carbocycles. The fourth-order valence-corrected chi connectivity index (χ4v) is 9.50. The maximum atomic E-state index is 13.2. The van der Waals surface area contributed by atoms with Crippen molar-refractivity contribution in [3.63, 3.8) is 0 Å². The maximum Gasteiger partial charge on any atom is 0.340 e. The third-order valence-electron chi connectivity index (χ3n) is 11.6. The fraction of sp³-hybridized carbons (Fsp3) is 0.733. The van der Waals surface area contributed by atoms with Crippen LogP contribution in [0, 0.1) is 40.4 Å². The first-order valence-electron chi connectivity index (χ1n) is 14.4. The fourth-order valence-electron chi connectivity index (χ4n) is 9.50. The number of oxime groups is 1. The molecule has 0 bridgehead atoms. The summed E-state index contributed by atoms with van der Waals surface area (Å²) in [6.45, 7) is 10.7. The summed E-state index contributed by atoms with van der Waals surface area (Å²) in [6, 6.07) is 3.29. The average molecular weight is 540 g/mol. The number of nitrogens with one attached hydrogen (secondary N) is 1. The van der Waals surface area contributed by atoms with Crippen LogP contribution in [-0.2, 0) is 14.3 Å². The number of pyridine rings is 1. The SMILES string of the molecule is CC1NC(=O)C2CC(O)C3CC4(C)C(C)CCC5C(C)(C)C(=NO)C(OC(=O)c6cccnc6)CC54OC3C12. The summed E-state index contributed by atoms with van der Waals surface area (Å²) < 4.78 is 13.5. The molecule has 1 amide bonds. The van der Waals surface area contributed by atoms with Crippen molar-refractivity contribution in [1.29, 1.82) is 0 Å². The van der Waals surface area contributed by atoms with Crippen LogP contribution in [0.4, 0.5) is 0 Å². The second kappa shape index (κ2) is 8.99. The molecular weight excluding hydrogens is 498 g/mol. The predicted molar refractivity (Wildman–Crippen MR) is 142 cm³/mol. The number of nitrogens with zero attached hydrogens (tertiary/aromatic N) is 2. The second-order valence-corrected chi connectivity index (χ2v) is 13.6. The number of fused-ring (bicyclic) bond motifs is 3. The zero-order chi connectivity index (χ0) is 27.9. The van der Waals surface area contributed by atoms with Gasteiger partial charge in [0.1, 0.15) is 11.8 Å². The number of aliphatic hydroxyl groups excluding tert-OH is 1. The maximum absolute atomic E-state index is 13.2. The molecule has 6 rings (SSSR count). The molecule has 5 aliphatic rings. The highest BCUT2D eigenvalue weighted by Crippen LogP contribution is 2.68. The van der Waals surface area contributed by atoms with E-state index in [1.165, 1.54) is 6.20 Å². The van der Waals surface area contributed by atoms with Crippen LogP contribution in [0.25, 0.3) is 0 Å². The van der Waals surface area contributed by atoms with E-state index in [1.807, 2.05) is 6.92 Å². The summed E-state index contributed by atoms with van der Waals surface area (Å²) in [5, 5.41) is 28.4. The van der Waals surface area contributed by atoms with E-state index < -0.39 is 29.2 Å². The van der Waals surface area contributed by atoms with Gasteiger partial charge in [0.05, 0.1) is 23.4 Å². The minimum Gasteiger partial charge on any atom is -0.452 e. The lowest BCUT2D eigenvalue weighted by Gasteiger charge is -2.70. The Hall–Kier alpha value is -2.52. The molecule has 1 aromatic heterocycles. The van der Waals surface area contributed by atoms with Gasteiger partial charge in [-0.15, -0.1) is 0 Å². The number of rotatable bonds is 2. The molecule has 0 radical (unpaired) electrons. The van der Waals surface area contributed by atoms with Crippen molar-refractivity contribution in [2.75, 3.05) is 0 Å². The number of carbonyl (C=O) groups is 2. The van der Waals surface area contributed by atoms with E-state index >= 15 is 0 Å². The normalized spacial score (nSPS) is 47.3. The van der Waals surface area contributed by atoms with Crippen molar-refractivity contribution < 1.29 is 29.4 Å². The van der Waals surface area contributed by atoms with Gasteiger partial charge in [0, 0.05) is 53.4 Å². The molecule has 1 aromatic rings. The Balaban J connectivity index is 1.44. The van der Waals surface area contributed by atoms with Gasteiger partial charge < -0.3 is 25.1 Å². The lowest BCUT2D eigenvalue weighted by molar-refractivity contribution is -0.325. The highest BCUT2D eigenvalue weighted by Gasteiger charge is 2.72. The summed E-state index contributed by atoms with van der Waals surface area (Å²) >= 11 is 0. The molecule has 9 nitrogen and oxygen atoms in total. The monoisotopic (exact) mass is 539 g/mol. The van der Waals surface area contributed by atoms with E-state index in [0.29, 0.717) is 30.0 Å². The number of carbonyl (C=O) groups excluding carboxylic acids is 2. The van der Waals surface area contributed by atoms with E-state index in [-0.39, 0.29) is 47.1 Å². The van der Waals surface area contributed by atoms with Crippen molar-refractivity contribution >= 4 is 17.6 Å². The quantitative estimate of drug-likeness (QED) is 0.298. The van der Waals surface area contributed by atoms with Crippen LogP contribution in [0.1, 0.15) is 77.1 Å². The van der Waals surface area contributed by atoms with Gasteiger partial charge in [-0.05, 0) is 56.6 Å². The highest BCUT2D eigenvalue weighted by atomic mass is 16.6. The first kappa shape index (κ1) is 26.7. The minimum atomic E-state index is -0.791. The van der Waals surface area contributed by atoms with E-state index in [0.717, 1.165) is 19.3 Å². The van der Waals surface area contributed by atoms with Gasteiger partial charge in [-0.25, -0.2) is 4.79 Å². The molecule has 2 saturated heterocycles. The molecule has 9 heteroatoms. The van der Waals surface area contributed by atoms with Gasteiger partial charge in [-0.3, -0.25) is 9.78 Å². The minimum absolute atomic E-state index is 0.00397. The molecule has 1 spiro atoms. The van der Waals surface area contributed by atoms with Crippen LogP contribution in [0.2, 0.25) is 0 Å². The predicted octanol–water partition coefficient (Wildman–Crippen LogP) is 3.58. The number of aromatic nitrogens is 1. The number of amides is 1. The molecule has 3 heterocycles. The first-order chi connectivity index (χ1) is 18.4. The number of ether oxygens (including phenoxy) is 2. The lowest BCUT2D eigenvalue weighted by Crippen LogP contribution is -2.74. The molecular formula is C30H41N3O6. The summed E-state index contributed by atoms with van der Waals surface area (Å²) in [5.41, 5.74) is -0.856. The van der Waals surface area contributed by atoms with Crippen molar-refractivity contribution in [2.24, 2.45) is 45.6 Å². The Labute approximate surface area is 229 Å². The molecule has 39 heavy (non-hydrogen) atoms. The van der Waals surface area contributed by atoms with Crippen LogP contribution in [-0.4, -0.2) is 62.8 Å². The lowest BCUT2D eigenvalue weighted by atomic mass is 9.42. The third kappa shape index (κ3) is 3.64. The Kier molecular flexibility index (Phi) is 6.16. The van der Waals surface area contributed by atoms with Gasteiger partial charge in [-0.2, -0.15) is 0 Å². The molecule has 3 N–H and O–H groups in total. The standard InChI is InChI=1S/C30H41N3O6/c1-15-8-9-22-28(3,4)25(33-37)21(38-27(36)17-7-6-10-31-14-17)13-30(22)29(15,5)12-19-20(34)11-18-23(24(19)39-30)16(2)32-26(18)35/h6-7,10,14-16,18-24,34,37H,8-9,11-13H2,1-5H3,(H,32,35). The summed E-state index contributed by atoms with van der Waals surface area (Å²) in [5.74, 6) is -0.605. The zero-order valence-corrected chi connectivity index (χ0v) is 23.5. The summed E-state index contributed by atoms with van der Waals surface area (Å²) in [6.07, 6.45) is 4.83. The van der Waals surface area contributed by atoms with Crippen molar-refractivity contribution in [3.05, 3.63) is 30.1 Å². The van der Waals surface area contributed by atoms with E-state index in [1.54, 1.807) is 18.3 Å². The van der Waals surface area contributed by atoms with Gasteiger partial charge >= 0.3 is 5.97 Å². The van der Waals surface area contributed by atoms with Gasteiger partial charge in [-0.1, -0.05) is 32.9 Å². The van der Waals surface area contributed by atoms with Crippen LogP contribution in [0.3, 0.4) is 0 Å². The van der Waals surface area contributed by atoms with Gasteiger partial charge in [0.15, 0.2) is 0 Å². The average Bonchev–Trinajstić information content (AvgIpc) is 3.17. The second-order valence-electron chi connectivity index (χ2n) is 13.6. The third-order valence-corrected chi connectivity index (χ3v) is 11.6. The van der Waals surface area contributed by atoms with Crippen LogP contribution in [0.5, 0.6) is 0 Å². The summed E-state index contributed by atoms with van der Waals surface area (Å²) in [4.78, 5) is 30.1.